The number of rotatable bonds is 4. The molecule has 3 nitrogen and oxygen atoms in total. The average Bonchev–Trinajstić information content (AvgIpc) is 2.68. The number of hydrogen-bond acceptors (Lipinski definition) is 3. The van der Waals surface area contributed by atoms with Gasteiger partial charge in [0, 0.05) is 17.1 Å². The van der Waals surface area contributed by atoms with E-state index in [1.165, 1.54) is 11.8 Å². The highest BCUT2D eigenvalue weighted by molar-refractivity contribution is 9.10. The van der Waals surface area contributed by atoms with Gasteiger partial charge >= 0.3 is 0 Å². The average molecular weight is 339 g/mol. The number of aromatic nitrogens is 2. The standard InChI is InChI=1S/C14H15BrN2OS/c1-9-8-13(17(3)16-9)19-10(2)14(18)11-4-6-12(15)7-5-11/h4-8,10H,1-3H3. The zero-order chi connectivity index (χ0) is 14.0. The molecule has 1 aromatic carbocycles. The second-order valence-electron chi connectivity index (χ2n) is 4.38. The van der Waals surface area contributed by atoms with Crippen molar-refractivity contribution in [2.75, 3.05) is 0 Å². The molecule has 0 saturated carbocycles. The minimum Gasteiger partial charge on any atom is -0.293 e. The summed E-state index contributed by atoms with van der Waals surface area (Å²) < 4.78 is 2.79. The second-order valence-corrected chi connectivity index (χ2v) is 6.66. The number of thioether (sulfide) groups is 1. The highest BCUT2D eigenvalue weighted by Gasteiger charge is 2.18. The first-order valence-corrected chi connectivity index (χ1v) is 7.61. The van der Waals surface area contributed by atoms with Gasteiger partial charge in [-0.05, 0) is 32.0 Å². The number of hydrogen-bond donors (Lipinski definition) is 0. The van der Waals surface area contributed by atoms with E-state index in [0.717, 1.165) is 20.8 Å². The van der Waals surface area contributed by atoms with Gasteiger partial charge in [0.25, 0.3) is 0 Å². The van der Waals surface area contributed by atoms with Crippen molar-refractivity contribution in [1.82, 2.24) is 9.78 Å². The summed E-state index contributed by atoms with van der Waals surface area (Å²) in [4.78, 5) is 12.3. The van der Waals surface area contributed by atoms with Crippen LogP contribution in [-0.4, -0.2) is 20.8 Å². The molecule has 2 aromatic rings. The molecule has 0 radical (unpaired) electrons. The molecule has 0 bridgehead atoms. The molecule has 0 fully saturated rings. The Bertz CT molecular complexity index is 592. The molecule has 0 amide bonds. The number of carbonyl (C=O) groups is 1. The SMILES string of the molecule is Cc1cc(SC(C)C(=O)c2ccc(Br)cc2)n(C)n1. The Morgan fingerprint density at radius 2 is 2.00 bits per heavy atom. The van der Waals surface area contributed by atoms with Crippen molar-refractivity contribution in [2.45, 2.75) is 24.1 Å². The Hall–Kier alpha value is -1.07. The summed E-state index contributed by atoms with van der Waals surface area (Å²) in [5.41, 5.74) is 1.70. The van der Waals surface area contributed by atoms with Gasteiger partial charge in [-0.2, -0.15) is 5.10 Å². The van der Waals surface area contributed by atoms with Gasteiger partial charge in [-0.25, -0.2) is 0 Å². The predicted octanol–water partition coefficient (Wildman–Crippen LogP) is 3.85. The van der Waals surface area contributed by atoms with Crippen LogP contribution in [0, 0.1) is 6.92 Å². The molecule has 1 atom stereocenters. The number of halogens is 1. The Morgan fingerprint density at radius 3 is 2.53 bits per heavy atom. The van der Waals surface area contributed by atoms with E-state index in [9.17, 15) is 4.79 Å². The van der Waals surface area contributed by atoms with Gasteiger partial charge < -0.3 is 0 Å². The summed E-state index contributed by atoms with van der Waals surface area (Å²) in [5.74, 6) is 0.136. The van der Waals surface area contributed by atoms with Crippen LogP contribution in [0.5, 0.6) is 0 Å². The van der Waals surface area contributed by atoms with E-state index in [-0.39, 0.29) is 11.0 Å². The predicted molar refractivity (Wildman–Crippen MR) is 81.7 cm³/mol. The van der Waals surface area contributed by atoms with E-state index in [1.807, 2.05) is 55.9 Å². The maximum absolute atomic E-state index is 12.3. The molecule has 100 valence electrons. The summed E-state index contributed by atoms with van der Waals surface area (Å²) >= 11 is 4.91. The van der Waals surface area contributed by atoms with Crippen molar-refractivity contribution in [2.24, 2.45) is 7.05 Å². The third kappa shape index (κ3) is 3.48. The van der Waals surface area contributed by atoms with Crippen molar-refractivity contribution in [1.29, 1.82) is 0 Å². The first-order chi connectivity index (χ1) is 8.97. The summed E-state index contributed by atoms with van der Waals surface area (Å²) in [6.07, 6.45) is 0. The molecule has 2 rings (SSSR count). The van der Waals surface area contributed by atoms with Crippen molar-refractivity contribution < 1.29 is 4.79 Å². The third-order valence-electron chi connectivity index (χ3n) is 2.75. The van der Waals surface area contributed by atoms with Crippen molar-refractivity contribution >= 4 is 33.5 Å². The van der Waals surface area contributed by atoms with Crippen LogP contribution in [-0.2, 0) is 7.05 Å². The van der Waals surface area contributed by atoms with Gasteiger partial charge in [0.1, 0.15) is 0 Å². The second kappa shape index (κ2) is 5.92. The summed E-state index contributed by atoms with van der Waals surface area (Å²) in [6.45, 7) is 3.88. The molecule has 0 aliphatic rings. The van der Waals surface area contributed by atoms with E-state index in [1.54, 1.807) is 0 Å². The van der Waals surface area contributed by atoms with E-state index in [2.05, 4.69) is 21.0 Å². The Kier molecular flexibility index (Phi) is 4.47. The molecule has 0 N–H and O–H groups in total. The first-order valence-electron chi connectivity index (χ1n) is 5.94. The molecule has 0 spiro atoms. The van der Waals surface area contributed by atoms with E-state index in [4.69, 9.17) is 0 Å². The largest absolute Gasteiger partial charge is 0.293 e. The van der Waals surface area contributed by atoms with Crippen LogP contribution in [0.3, 0.4) is 0 Å². The van der Waals surface area contributed by atoms with Gasteiger partial charge in [-0.3, -0.25) is 9.48 Å². The van der Waals surface area contributed by atoms with Crippen molar-refractivity contribution in [3.8, 4) is 0 Å². The lowest BCUT2D eigenvalue weighted by atomic mass is 10.1. The summed E-state index contributed by atoms with van der Waals surface area (Å²) in [7, 11) is 1.89. The lowest BCUT2D eigenvalue weighted by Crippen LogP contribution is -2.14. The van der Waals surface area contributed by atoms with Crippen LogP contribution >= 0.6 is 27.7 Å². The van der Waals surface area contributed by atoms with Crippen LogP contribution in [0.15, 0.2) is 39.8 Å². The minimum absolute atomic E-state index is 0.129. The zero-order valence-corrected chi connectivity index (χ0v) is 13.5. The van der Waals surface area contributed by atoms with Gasteiger partial charge in [-0.15, -0.1) is 0 Å². The molecular weight excluding hydrogens is 324 g/mol. The van der Waals surface area contributed by atoms with Crippen LogP contribution in [0.1, 0.15) is 23.0 Å². The zero-order valence-electron chi connectivity index (χ0n) is 11.1. The number of Topliss-reactive ketones (excluding diaryl/α,β-unsaturated/α-hetero) is 1. The molecule has 1 heterocycles. The molecule has 5 heteroatoms. The normalized spacial score (nSPS) is 12.4. The number of ketones is 1. The maximum Gasteiger partial charge on any atom is 0.175 e. The van der Waals surface area contributed by atoms with Gasteiger partial charge in [-0.1, -0.05) is 39.8 Å². The minimum atomic E-state index is -0.129. The molecule has 1 unspecified atom stereocenters. The van der Waals surface area contributed by atoms with E-state index < -0.39 is 0 Å². The Labute approximate surface area is 125 Å². The highest BCUT2D eigenvalue weighted by atomic mass is 79.9. The lowest BCUT2D eigenvalue weighted by Gasteiger charge is -2.10. The molecule has 1 aromatic heterocycles. The molecular formula is C14H15BrN2OS. The first kappa shape index (κ1) is 14.3. The van der Waals surface area contributed by atoms with Gasteiger partial charge in [0.15, 0.2) is 5.78 Å². The number of carbonyl (C=O) groups excluding carboxylic acids is 1. The van der Waals surface area contributed by atoms with Gasteiger partial charge in [0.2, 0.25) is 0 Å². The number of nitrogens with zero attached hydrogens (tertiary/aromatic N) is 2. The maximum atomic E-state index is 12.3. The molecule has 0 aliphatic heterocycles. The van der Waals surface area contributed by atoms with Gasteiger partial charge in [0.05, 0.1) is 16.0 Å². The molecule has 0 aliphatic carbocycles. The fourth-order valence-corrected chi connectivity index (χ4v) is 3.08. The fraction of sp³-hybridized carbons (Fsp3) is 0.286. The summed E-state index contributed by atoms with van der Waals surface area (Å²) in [5, 5.41) is 5.17. The molecule has 19 heavy (non-hydrogen) atoms. The molecule has 0 saturated heterocycles. The van der Waals surface area contributed by atoms with Crippen LogP contribution < -0.4 is 0 Å². The monoisotopic (exact) mass is 338 g/mol. The van der Waals surface area contributed by atoms with Crippen LogP contribution in [0.25, 0.3) is 0 Å². The van der Waals surface area contributed by atoms with Crippen molar-refractivity contribution in [3.05, 3.63) is 46.1 Å². The topological polar surface area (TPSA) is 34.9 Å². The fourth-order valence-electron chi connectivity index (χ4n) is 1.78. The smallest absolute Gasteiger partial charge is 0.175 e. The Morgan fingerprint density at radius 1 is 1.37 bits per heavy atom. The summed E-state index contributed by atoms with van der Waals surface area (Å²) in [6, 6.07) is 9.46. The quantitative estimate of drug-likeness (QED) is 0.627. The van der Waals surface area contributed by atoms with E-state index >= 15 is 0 Å². The number of benzene rings is 1. The highest BCUT2D eigenvalue weighted by Crippen LogP contribution is 2.26. The lowest BCUT2D eigenvalue weighted by molar-refractivity contribution is 0.0994. The van der Waals surface area contributed by atoms with Crippen LogP contribution in [0.4, 0.5) is 0 Å². The Balaban J connectivity index is 2.11. The van der Waals surface area contributed by atoms with Crippen LogP contribution in [0.2, 0.25) is 0 Å². The number of aryl methyl sites for hydroxylation is 2. The van der Waals surface area contributed by atoms with E-state index in [0.29, 0.717) is 0 Å². The third-order valence-corrected chi connectivity index (χ3v) is 4.47. The van der Waals surface area contributed by atoms with Crippen molar-refractivity contribution in [3.63, 3.8) is 0 Å².